The van der Waals surface area contributed by atoms with Crippen molar-refractivity contribution in [2.45, 2.75) is 11.8 Å². The maximum Gasteiger partial charge on any atom is 0.416 e. The third-order valence-corrected chi connectivity index (χ3v) is 4.75. The van der Waals surface area contributed by atoms with Gasteiger partial charge in [0.2, 0.25) is 0 Å². The fourth-order valence-corrected chi connectivity index (χ4v) is 3.50. The molecule has 3 aromatic rings. The van der Waals surface area contributed by atoms with Crippen molar-refractivity contribution in [3.63, 3.8) is 0 Å². The van der Waals surface area contributed by atoms with Gasteiger partial charge in [-0.15, -0.1) is 0 Å². The molecule has 0 saturated heterocycles. The van der Waals surface area contributed by atoms with Crippen LogP contribution in [0.4, 0.5) is 13.2 Å². The minimum atomic E-state index is -4.48. The minimum absolute atomic E-state index is 0.191. The van der Waals surface area contributed by atoms with Crippen LogP contribution in [0.15, 0.2) is 72.8 Å². The molecule has 0 fully saturated rings. The summed E-state index contributed by atoms with van der Waals surface area (Å²) in [5, 5.41) is 11.8. The Kier molecular flexibility index (Phi) is 3.74. The summed E-state index contributed by atoms with van der Waals surface area (Å²) in [4.78, 5) is 0. The number of halogens is 3. The van der Waals surface area contributed by atoms with Gasteiger partial charge in [0.1, 0.15) is 5.60 Å². The molecular weight excluding hydrogens is 337 g/mol. The number of hydrogen-bond donors (Lipinski definition) is 1. The predicted octanol–water partition coefficient (Wildman–Crippen LogP) is 5.47. The Morgan fingerprint density at radius 2 is 1.23 bits per heavy atom. The zero-order valence-corrected chi connectivity index (χ0v) is 13.7. The van der Waals surface area contributed by atoms with Gasteiger partial charge >= 0.3 is 6.18 Å². The quantitative estimate of drug-likeness (QED) is 0.615. The van der Waals surface area contributed by atoms with E-state index >= 15 is 0 Å². The zero-order valence-electron chi connectivity index (χ0n) is 13.7. The predicted molar refractivity (Wildman–Crippen MR) is 95.4 cm³/mol. The van der Waals surface area contributed by atoms with Crippen molar-refractivity contribution in [3.05, 3.63) is 106 Å². The van der Waals surface area contributed by atoms with Gasteiger partial charge in [-0.25, -0.2) is 0 Å². The lowest BCUT2D eigenvalue weighted by Crippen LogP contribution is -2.30. The second kappa shape index (κ2) is 5.85. The topological polar surface area (TPSA) is 20.2 Å². The Labute approximate surface area is 149 Å². The van der Waals surface area contributed by atoms with Crippen molar-refractivity contribution in [2.24, 2.45) is 0 Å². The Morgan fingerprint density at radius 1 is 0.692 bits per heavy atom. The van der Waals surface area contributed by atoms with Gasteiger partial charge in [0.15, 0.2) is 0 Å². The highest BCUT2D eigenvalue weighted by Crippen LogP contribution is 2.43. The van der Waals surface area contributed by atoms with Crippen LogP contribution in [0.5, 0.6) is 0 Å². The summed E-state index contributed by atoms with van der Waals surface area (Å²) in [6.07, 6.45) is -0.728. The van der Waals surface area contributed by atoms with Gasteiger partial charge in [0, 0.05) is 0 Å². The lowest BCUT2D eigenvalue weighted by molar-refractivity contribution is -0.137. The smallest absolute Gasteiger partial charge is 0.376 e. The van der Waals surface area contributed by atoms with Crippen LogP contribution < -0.4 is 0 Å². The normalized spacial score (nSPS) is 15.1. The van der Waals surface area contributed by atoms with Gasteiger partial charge in [-0.3, -0.25) is 0 Å². The second-order valence-electron chi connectivity index (χ2n) is 6.30. The van der Waals surface area contributed by atoms with Crippen molar-refractivity contribution >= 4 is 12.2 Å². The summed E-state index contributed by atoms with van der Waals surface area (Å²) in [6.45, 7) is 0. The summed E-state index contributed by atoms with van der Waals surface area (Å²) in [6, 6.07) is 19.3. The fraction of sp³-hybridized carbons (Fsp3) is 0.0909. The first kappa shape index (κ1) is 16.6. The number of fused-ring (bicyclic) bond motifs is 2. The lowest BCUT2D eigenvalue weighted by Gasteiger charge is -2.32. The largest absolute Gasteiger partial charge is 0.416 e. The molecule has 4 rings (SSSR count). The Morgan fingerprint density at radius 3 is 1.77 bits per heavy atom. The van der Waals surface area contributed by atoms with Crippen LogP contribution in [0.3, 0.4) is 0 Å². The summed E-state index contributed by atoms with van der Waals surface area (Å²) < 4.78 is 39.7. The zero-order chi connectivity index (χ0) is 18.4. The molecule has 0 spiro atoms. The minimum Gasteiger partial charge on any atom is -0.376 e. The molecule has 1 aliphatic rings. The number of aliphatic hydroxyl groups is 1. The van der Waals surface area contributed by atoms with Gasteiger partial charge in [0.05, 0.1) is 5.56 Å². The Hall–Kier alpha value is -2.85. The maximum atomic E-state index is 13.2. The van der Waals surface area contributed by atoms with E-state index in [1.807, 2.05) is 36.4 Å². The van der Waals surface area contributed by atoms with Crippen molar-refractivity contribution in [1.29, 1.82) is 0 Å². The second-order valence-corrected chi connectivity index (χ2v) is 6.30. The number of rotatable bonds is 1. The van der Waals surface area contributed by atoms with E-state index < -0.39 is 17.3 Å². The first-order valence-electron chi connectivity index (χ1n) is 8.18. The van der Waals surface area contributed by atoms with E-state index in [0.717, 1.165) is 23.3 Å². The Bertz CT molecular complexity index is 953. The van der Waals surface area contributed by atoms with E-state index in [1.165, 1.54) is 12.1 Å². The highest BCUT2D eigenvalue weighted by Gasteiger charge is 2.39. The van der Waals surface area contributed by atoms with E-state index in [1.54, 1.807) is 24.3 Å². The van der Waals surface area contributed by atoms with Crippen LogP contribution in [0.2, 0.25) is 0 Å². The molecule has 0 aromatic heterocycles. The monoisotopic (exact) mass is 352 g/mol. The standard InChI is InChI=1S/C22H15F3O/c23-22(24,25)18-9-5-8-17(14-18)21(26)19-10-3-1-6-15(19)12-13-16-7-2-4-11-20(16)21/h1-14,26H. The molecule has 0 bridgehead atoms. The van der Waals surface area contributed by atoms with E-state index in [-0.39, 0.29) is 5.56 Å². The van der Waals surface area contributed by atoms with Gasteiger partial charge < -0.3 is 5.11 Å². The van der Waals surface area contributed by atoms with Crippen molar-refractivity contribution < 1.29 is 18.3 Å². The first-order chi connectivity index (χ1) is 12.4. The van der Waals surface area contributed by atoms with E-state index in [4.69, 9.17) is 0 Å². The number of hydrogen-bond acceptors (Lipinski definition) is 1. The molecular formula is C22H15F3O. The van der Waals surface area contributed by atoms with E-state index in [2.05, 4.69) is 0 Å². The number of alkyl halides is 3. The molecule has 1 nitrogen and oxygen atoms in total. The van der Waals surface area contributed by atoms with Gasteiger partial charge in [-0.2, -0.15) is 13.2 Å². The summed E-state index contributed by atoms with van der Waals surface area (Å²) >= 11 is 0. The summed E-state index contributed by atoms with van der Waals surface area (Å²) in [5.74, 6) is 0. The third-order valence-electron chi connectivity index (χ3n) is 4.75. The highest BCUT2D eigenvalue weighted by molar-refractivity contribution is 5.78. The molecule has 1 aliphatic carbocycles. The van der Waals surface area contributed by atoms with Crippen LogP contribution in [0.25, 0.3) is 12.2 Å². The molecule has 0 saturated carbocycles. The lowest BCUT2D eigenvalue weighted by atomic mass is 9.77. The van der Waals surface area contributed by atoms with Gasteiger partial charge in [-0.1, -0.05) is 72.8 Å². The molecule has 0 amide bonds. The molecule has 4 heteroatoms. The van der Waals surface area contributed by atoms with Crippen LogP contribution in [0.1, 0.15) is 33.4 Å². The van der Waals surface area contributed by atoms with Crippen molar-refractivity contribution in [2.75, 3.05) is 0 Å². The summed E-state index contributed by atoms with van der Waals surface area (Å²) in [5.41, 5.74) is 0.373. The maximum absolute atomic E-state index is 13.2. The molecule has 0 atom stereocenters. The molecule has 1 N–H and O–H groups in total. The van der Waals surface area contributed by atoms with Crippen molar-refractivity contribution in [1.82, 2.24) is 0 Å². The summed E-state index contributed by atoms with van der Waals surface area (Å²) in [7, 11) is 0. The van der Waals surface area contributed by atoms with E-state index in [9.17, 15) is 18.3 Å². The molecule has 0 unspecified atom stereocenters. The van der Waals surface area contributed by atoms with Crippen molar-refractivity contribution in [3.8, 4) is 0 Å². The van der Waals surface area contributed by atoms with Crippen LogP contribution in [-0.2, 0) is 11.8 Å². The van der Waals surface area contributed by atoms with Gasteiger partial charge in [-0.05, 0) is 39.9 Å². The molecule has 130 valence electrons. The van der Waals surface area contributed by atoms with Gasteiger partial charge in [0.25, 0.3) is 0 Å². The fourth-order valence-electron chi connectivity index (χ4n) is 3.50. The Balaban J connectivity index is 2.05. The molecule has 0 aliphatic heterocycles. The van der Waals surface area contributed by atoms with Crippen LogP contribution in [0, 0.1) is 0 Å². The average molecular weight is 352 g/mol. The van der Waals surface area contributed by atoms with E-state index in [0.29, 0.717) is 11.1 Å². The highest BCUT2D eigenvalue weighted by atomic mass is 19.4. The first-order valence-corrected chi connectivity index (χ1v) is 8.18. The van der Waals surface area contributed by atoms with Crippen LogP contribution >= 0.6 is 0 Å². The third kappa shape index (κ3) is 2.54. The molecule has 3 aromatic carbocycles. The molecule has 0 heterocycles. The SMILES string of the molecule is OC1(c2cccc(C(F)(F)F)c2)c2ccccc2C=Cc2ccccc21. The van der Waals surface area contributed by atoms with Crippen LogP contribution in [-0.4, -0.2) is 5.11 Å². The molecule has 26 heavy (non-hydrogen) atoms. The number of benzene rings is 3. The molecule has 0 radical (unpaired) electrons. The average Bonchev–Trinajstić information content (AvgIpc) is 2.78.